The van der Waals surface area contributed by atoms with Gasteiger partial charge >= 0.3 is 5.97 Å². The summed E-state index contributed by atoms with van der Waals surface area (Å²) in [7, 11) is 0. The predicted octanol–water partition coefficient (Wildman–Crippen LogP) is 3.32. The van der Waals surface area contributed by atoms with Crippen LogP contribution in [0.2, 0.25) is 0 Å². The summed E-state index contributed by atoms with van der Waals surface area (Å²) < 4.78 is 20.6. The van der Waals surface area contributed by atoms with Gasteiger partial charge in [0.2, 0.25) is 5.88 Å². The number of carboxylic acids is 1. The molecule has 2 unspecified atom stereocenters. The number of piperidine rings is 1. The highest BCUT2D eigenvalue weighted by atomic mass is 19.1. The molecule has 1 saturated heterocycles. The Balaban J connectivity index is 1.63. The number of benzene rings is 1. The largest absolute Gasteiger partial charge is 0.477 e. The van der Waals surface area contributed by atoms with Gasteiger partial charge in [-0.2, -0.15) is 5.26 Å². The summed E-state index contributed by atoms with van der Waals surface area (Å²) >= 11 is 0. The normalized spacial score (nSPS) is 17.6. The molecular weight excluding hydrogens is 441 g/mol. The van der Waals surface area contributed by atoms with Crippen LogP contribution >= 0.6 is 0 Å². The van der Waals surface area contributed by atoms with Crippen molar-refractivity contribution in [1.82, 2.24) is 19.9 Å². The Hall–Kier alpha value is -4.39. The Morgan fingerprint density at radius 1 is 1.15 bits per heavy atom. The van der Waals surface area contributed by atoms with E-state index < -0.39 is 23.8 Å². The van der Waals surface area contributed by atoms with Crippen molar-refractivity contribution in [1.29, 1.82) is 5.26 Å². The standard InChI is InChI=1S/C24H20FN5O4/c1-14-6-7-16(34-22-19(24(32)33)15(12-26)8-11-29-22)13-30(14)23(31)17-4-2-5-18(25)20(17)21-27-9-3-10-28-21/h2-5,8-11,14,16H,6-7,13H2,1H3,(H,32,33). The zero-order chi connectivity index (χ0) is 24.2. The molecule has 9 nitrogen and oxygen atoms in total. The third-order valence-electron chi connectivity index (χ3n) is 5.66. The van der Waals surface area contributed by atoms with Gasteiger partial charge in [0.05, 0.1) is 23.2 Å². The van der Waals surface area contributed by atoms with E-state index in [0.29, 0.717) is 12.8 Å². The number of aromatic nitrogens is 3. The van der Waals surface area contributed by atoms with E-state index in [1.54, 1.807) is 11.0 Å². The molecule has 1 fully saturated rings. The van der Waals surface area contributed by atoms with Gasteiger partial charge in [0.25, 0.3) is 5.91 Å². The van der Waals surface area contributed by atoms with E-state index in [0.717, 1.165) is 0 Å². The van der Waals surface area contributed by atoms with Gasteiger partial charge in [-0.25, -0.2) is 24.1 Å². The summed E-state index contributed by atoms with van der Waals surface area (Å²) in [5, 5.41) is 18.7. The first-order valence-electron chi connectivity index (χ1n) is 10.6. The molecule has 1 aromatic carbocycles. The van der Waals surface area contributed by atoms with Crippen LogP contribution in [0.25, 0.3) is 11.4 Å². The highest BCUT2D eigenvalue weighted by Gasteiger charge is 2.33. The van der Waals surface area contributed by atoms with Crippen molar-refractivity contribution < 1.29 is 23.8 Å². The molecular formula is C24H20FN5O4. The van der Waals surface area contributed by atoms with E-state index in [-0.39, 0.29) is 46.5 Å². The Morgan fingerprint density at radius 3 is 2.62 bits per heavy atom. The van der Waals surface area contributed by atoms with Crippen molar-refractivity contribution in [3.63, 3.8) is 0 Å². The molecule has 3 aromatic rings. The quantitative estimate of drug-likeness (QED) is 0.613. The van der Waals surface area contributed by atoms with E-state index in [9.17, 15) is 24.3 Å². The van der Waals surface area contributed by atoms with Crippen molar-refractivity contribution in [2.75, 3.05) is 6.54 Å². The third kappa shape index (κ3) is 4.41. The minimum atomic E-state index is -1.33. The van der Waals surface area contributed by atoms with Gasteiger partial charge in [-0.15, -0.1) is 0 Å². The summed E-state index contributed by atoms with van der Waals surface area (Å²) in [6, 6.07) is 8.77. The Morgan fingerprint density at radius 2 is 1.91 bits per heavy atom. The number of hydrogen-bond acceptors (Lipinski definition) is 7. The highest BCUT2D eigenvalue weighted by Crippen LogP contribution is 2.29. The maximum Gasteiger partial charge on any atom is 0.342 e. The second-order valence-corrected chi connectivity index (χ2v) is 7.81. The fraction of sp³-hybridized carbons (Fsp3) is 0.250. The summed E-state index contributed by atoms with van der Waals surface area (Å²) in [5.74, 6) is -2.44. The summed E-state index contributed by atoms with van der Waals surface area (Å²) in [6.07, 6.45) is 4.79. The van der Waals surface area contributed by atoms with E-state index >= 15 is 0 Å². The predicted molar refractivity (Wildman–Crippen MR) is 117 cm³/mol. The molecule has 0 bridgehead atoms. The highest BCUT2D eigenvalue weighted by molar-refractivity contribution is 6.00. The van der Waals surface area contributed by atoms with Crippen molar-refractivity contribution in [3.8, 4) is 23.3 Å². The maximum atomic E-state index is 14.8. The third-order valence-corrected chi connectivity index (χ3v) is 5.66. The molecule has 4 rings (SSSR count). The van der Waals surface area contributed by atoms with E-state index in [2.05, 4.69) is 15.0 Å². The van der Waals surface area contributed by atoms with Gasteiger partial charge in [0.1, 0.15) is 23.6 Å². The first-order valence-corrected chi connectivity index (χ1v) is 10.6. The number of nitriles is 1. The number of carbonyl (C=O) groups excluding carboxylic acids is 1. The number of ether oxygens (including phenoxy) is 1. The first kappa shape index (κ1) is 22.8. The Labute approximate surface area is 194 Å². The van der Waals surface area contributed by atoms with Gasteiger partial charge in [-0.1, -0.05) is 6.07 Å². The fourth-order valence-corrected chi connectivity index (χ4v) is 3.96. The second kappa shape index (κ2) is 9.62. The lowest BCUT2D eigenvalue weighted by molar-refractivity contribution is 0.0363. The molecule has 34 heavy (non-hydrogen) atoms. The van der Waals surface area contributed by atoms with Crippen molar-refractivity contribution in [2.45, 2.75) is 31.9 Å². The number of carboxylic acid groups (broad SMARTS) is 1. The molecule has 2 aromatic heterocycles. The van der Waals surface area contributed by atoms with Crippen LogP contribution in [0.4, 0.5) is 4.39 Å². The number of hydrogen-bond donors (Lipinski definition) is 1. The number of aromatic carboxylic acids is 1. The van der Waals surface area contributed by atoms with Gasteiger partial charge < -0.3 is 14.7 Å². The number of rotatable bonds is 5. The monoisotopic (exact) mass is 461 g/mol. The molecule has 1 amide bonds. The molecule has 0 radical (unpaired) electrons. The van der Waals surface area contributed by atoms with Gasteiger partial charge in [0, 0.05) is 24.6 Å². The molecule has 2 atom stereocenters. The zero-order valence-electron chi connectivity index (χ0n) is 18.2. The van der Waals surface area contributed by atoms with Gasteiger partial charge in [-0.05, 0) is 44.0 Å². The van der Waals surface area contributed by atoms with Crippen LogP contribution in [0.1, 0.15) is 46.0 Å². The number of nitrogens with zero attached hydrogens (tertiary/aromatic N) is 5. The number of halogens is 1. The topological polar surface area (TPSA) is 129 Å². The number of amides is 1. The van der Waals surface area contributed by atoms with Crippen LogP contribution in [-0.2, 0) is 0 Å². The van der Waals surface area contributed by atoms with Crippen molar-refractivity contribution in [2.24, 2.45) is 0 Å². The van der Waals surface area contributed by atoms with Gasteiger partial charge in [0.15, 0.2) is 5.82 Å². The Kier molecular flexibility index (Phi) is 6.45. The van der Waals surface area contributed by atoms with Crippen molar-refractivity contribution in [3.05, 3.63) is 71.4 Å². The summed E-state index contributed by atoms with van der Waals surface area (Å²) in [5.41, 5.74) is -0.258. The minimum Gasteiger partial charge on any atom is -0.477 e. The molecule has 10 heteroatoms. The molecule has 1 aliphatic rings. The number of likely N-dealkylation sites (tertiary alicyclic amines) is 1. The van der Waals surface area contributed by atoms with Gasteiger partial charge in [-0.3, -0.25) is 4.79 Å². The summed E-state index contributed by atoms with van der Waals surface area (Å²) in [4.78, 5) is 38.9. The minimum absolute atomic E-state index is 0.0138. The lowest BCUT2D eigenvalue weighted by Gasteiger charge is -2.38. The SMILES string of the molecule is CC1CCC(Oc2nccc(C#N)c2C(=O)O)CN1C(=O)c1cccc(F)c1-c1ncccn1. The van der Waals surface area contributed by atoms with Crippen LogP contribution in [0.15, 0.2) is 48.9 Å². The van der Waals surface area contributed by atoms with E-state index in [1.807, 2.05) is 13.0 Å². The molecule has 0 spiro atoms. The molecule has 1 aliphatic heterocycles. The number of carbonyl (C=O) groups is 2. The first-order chi connectivity index (χ1) is 16.4. The average molecular weight is 461 g/mol. The second-order valence-electron chi connectivity index (χ2n) is 7.81. The molecule has 0 aliphatic carbocycles. The lowest BCUT2D eigenvalue weighted by atomic mass is 9.98. The summed E-state index contributed by atoms with van der Waals surface area (Å²) in [6.45, 7) is 2.01. The van der Waals surface area contributed by atoms with Crippen LogP contribution in [0.5, 0.6) is 5.88 Å². The zero-order valence-corrected chi connectivity index (χ0v) is 18.2. The van der Waals surface area contributed by atoms with Crippen LogP contribution in [0.3, 0.4) is 0 Å². The van der Waals surface area contributed by atoms with Crippen LogP contribution in [-0.4, -0.2) is 55.5 Å². The fourth-order valence-electron chi connectivity index (χ4n) is 3.96. The van der Waals surface area contributed by atoms with Crippen LogP contribution < -0.4 is 4.74 Å². The molecule has 3 heterocycles. The van der Waals surface area contributed by atoms with Crippen molar-refractivity contribution >= 4 is 11.9 Å². The molecule has 0 saturated carbocycles. The molecule has 172 valence electrons. The average Bonchev–Trinajstić information content (AvgIpc) is 2.84. The number of pyridine rings is 1. The smallest absolute Gasteiger partial charge is 0.342 e. The maximum absolute atomic E-state index is 14.8. The molecule has 1 N–H and O–H groups in total. The Bertz CT molecular complexity index is 1280. The van der Waals surface area contributed by atoms with E-state index in [4.69, 9.17) is 4.74 Å². The lowest BCUT2D eigenvalue weighted by Crippen LogP contribution is -2.49. The van der Waals surface area contributed by atoms with E-state index in [1.165, 1.54) is 42.9 Å². The van der Waals surface area contributed by atoms with Crippen LogP contribution in [0, 0.1) is 17.1 Å².